The van der Waals surface area contributed by atoms with Gasteiger partial charge in [-0.2, -0.15) is 0 Å². The summed E-state index contributed by atoms with van der Waals surface area (Å²) in [6.45, 7) is 5.81. The first-order valence-electron chi connectivity index (χ1n) is 5.63. The SMILES string of the molecule is CC(C)NCCCCn1ccc(=O)[nH]c1=O. The third kappa shape index (κ3) is 4.44. The number of aromatic nitrogens is 2. The number of aryl methyl sites for hydroxylation is 1. The molecule has 0 unspecified atom stereocenters. The van der Waals surface area contributed by atoms with Crippen molar-refractivity contribution in [3.05, 3.63) is 33.1 Å². The maximum atomic E-state index is 11.3. The minimum atomic E-state index is -0.345. The molecule has 0 amide bonds. The van der Waals surface area contributed by atoms with Crippen LogP contribution in [0.5, 0.6) is 0 Å². The molecule has 0 atom stereocenters. The molecule has 0 radical (unpaired) electrons. The monoisotopic (exact) mass is 225 g/mol. The van der Waals surface area contributed by atoms with Crippen molar-refractivity contribution in [1.82, 2.24) is 14.9 Å². The average Bonchev–Trinajstić information content (AvgIpc) is 2.20. The van der Waals surface area contributed by atoms with E-state index in [1.165, 1.54) is 16.8 Å². The van der Waals surface area contributed by atoms with Crippen LogP contribution in [0.4, 0.5) is 0 Å². The van der Waals surface area contributed by atoms with Crippen LogP contribution in [0, 0.1) is 0 Å². The Morgan fingerprint density at radius 2 is 2.12 bits per heavy atom. The van der Waals surface area contributed by atoms with E-state index >= 15 is 0 Å². The van der Waals surface area contributed by atoms with Crippen LogP contribution in [0.3, 0.4) is 0 Å². The molecule has 0 saturated heterocycles. The molecule has 1 aromatic rings. The number of hydrogen-bond donors (Lipinski definition) is 2. The maximum Gasteiger partial charge on any atom is 0.328 e. The van der Waals surface area contributed by atoms with E-state index in [-0.39, 0.29) is 11.2 Å². The number of nitrogens with zero attached hydrogens (tertiary/aromatic N) is 1. The Hall–Kier alpha value is -1.36. The second kappa shape index (κ2) is 6.27. The van der Waals surface area contributed by atoms with Crippen LogP contribution in [-0.4, -0.2) is 22.1 Å². The molecule has 16 heavy (non-hydrogen) atoms. The van der Waals surface area contributed by atoms with Gasteiger partial charge in [0.05, 0.1) is 0 Å². The number of H-pyrrole nitrogens is 1. The number of rotatable bonds is 6. The van der Waals surface area contributed by atoms with Gasteiger partial charge in [0.15, 0.2) is 0 Å². The van der Waals surface area contributed by atoms with Crippen LogP contribution in [0.25, 0.3) is 0 Å². The quantitative estimate of drug-likeness (QED) is 0.685. The molecule has 0 spiro atoms. The van der Waals surface area contributed by atoms with Crippen molar-refractivity contribution in [2.45, 2.75) is 39.3 Å². The van der Waals surface area contributed by atoms with Gasteiger partial charge in [-0.3, -0.25) is 9.78 Å². The van der Waals surface area contributed by atoms with Gasteiger partial charge in [0, 0.05) is 24.8 Å². The number of nitrogens with one attached hydrogen (secondary N) is 2. The minimum Gasteiger partial charge on any atom is -0.315 e. The van der Waals surface area contributed by atoms with Gasteiger partial charge in [0.25, 0.3) is 5.56 Å². The molecule has 0 bridgehead atoms. The molecule has 5 heteroatoms. The fourth-order valence-corrected chi connectivity index (χ4v) is 1.42. The standard InChI is InChI=1S/C11H19N3O2/c1-9(2)12-6-3-4-7-14-8-5-10(15)13-11(14)16/h5,8-9,12H,3-4,6-7H2,1-2H3,(H,13,15,16). The third-order valence-corrected chi connectivity index (χ3v) is 2.28. The summed E-state index contributed by atoms with van der Waals surface area (Å²) in [5, 5.41) is 3.31. The van der Waals surface area contributed by atoms with Crippen molar-refractivity contribution in [3.63, 3.8) is 0 Å². The summed E-state index contributed by atoms with van der Waals surface area (Å²) in [5.41, 5.74) is -0.674. The van der Waals surface area contributed by atoms with Crippen molar-refractivity contribution in [1.29, 1.82) is 0 Å². The Balaban J connectivity index is 2.32. The molecular weight excluding hydrogens is 206 g/mol. The van der Waals surface area contributed by atoms with Crippen molar-refractivity contribution in [2.75, 3.05) is 6.54 Å². The zero-order valence-corrected chi connectivity index (χ0v) is 9.82. The number of unbranched alkanes of at least 4 members (excludes halogenated alkanes) is 1. The highest BCUT2D eigenvalue weighted by molar-refractivity contribution is 4.82. The molecule has 2 N–H and O–H groups in total. The summed E-state index contributed by atoms with van der Waals surface area (Å²) in [6, 6.07) is 1.86. The minimum absolute atomic E-state index is 0.329. The smallest absolute Gasteiger partial charge is 0.315 e. The molecule has 0 saturated carbocycles. The summed E-state index contributed by atoms with van der Waals surface area (Å²) in [6.07, 6.45) is 3.48. The molecular formula is C11H19N3O2. The zero-order chi connectivity index (χ0) is 12.0. The topological polar surface area (TPSA) is 66.9 Å². The van der Waals surface area contributed by atoms with Gasteiger partial charge >= 0.3 is 5.69 Å². The Labute approximate surface area is 94.5 Å². The lowest BCUT2D eigenvalue weighted by Gasteiger charge is -2.08. The van der Waals surface area contributed by atoms with E-state index in [1.807, 2.05) is 0 Å². The predicted octanol–water partition coefficient (Wildman–Crippen LogP) is 0.315. The number of hydrogen-bond acceptors (Lipinski definition) is 3. The first-order chi connectivity index (χ1) is 7.59. The molecule has 1 heterocycles. The first kappa shape index (κ1) is 12.7. The van der Waals surface area contributed by atoms with E-state index in [2.05, 4.69) is 24.1 Å². The Morgan fingerprint density at radius 1 is 1.38 bits per heavy atom. The van der Waals surface area contributed by atoms with Crippen LogP contribution in [0.15, 0.2) is 21.9 Å². The summed E-state index contributed by atoms with van der Waals surface area (Å²) >= 11 is 0. The molecule has 0 aromatic carbocycles. The van der Waals surface area contributed by atoms with Crippen LogP contribution >= 0.6 is 0 Å². The molecule has 0 aliphatic carbocycles. The summed E-state index contributed by atoms with van der Waals surface area (Å²) < 4.78 is 1.52. The van der Waals surface area contributed by atoms with Gasteiger partial charge in [-0.25, -0.2) is 4.79 Å². The van der Waals surface area contributed by atoms with E-state index in [4.69, 9.17) is 0 Å². The van der Waals surface area contributed by atoms with Gasteiger partial charge < -0.3 is 9.88 Å². The number of aromatic amines is 1. The van der Waals surface area contributed by atoms with E-state index in [9.17, 15) is 9.59 Å². The average molecular weight is 225 g/mol. The van der Waals surface area contributed by atoms with E-state index < -0.39 is 0 Å². The first-order valence-corrected chi connectivity index (χ1v) is 5.63. The molecule has 1 rings (SSSR count). The Bertz CT molecular complexity index is 420. The molecule has 0 aliphatic rings. The highest BCUT2D eigenvalue weighted by Crippen LogP contribution is 1.91. The predicted molar refractivity (Wildman–Crippen MR) is 63.7 cm³/mol. The van der Waals surface area contributed by atoms with Crippen LogP contribution in [-0.2, 0) is 6.54 Å². The van der Waals surface area contributed by atoms with Gasteiger partial charge in [-0.15, -0.1) is 0 Å². The van der Waals surface area contributed by atoms with E-state index in [1.54, 1.807) is 0 Å². The highest BCUT2D eigenvalue weighted by Gasteiger charge is 1.96. The van der Waals surface area contributed by atoms with Gasteiger partial charge in [0.2, 0.25) is 0 Å². The van der Waals surface area contributed by atoms with Crippen molar-refractivity contribution in [3.8, 4) is 0 Å². The molecule has 90 valence electrons. The fourth-order valence-electron chi connectivity index (χ4n) is 1.42. The lowest BCUT2D eigenvalue weighted by atomic mass is 10.3. The molecule has 5 nitrogen and oxygen atoms in total. The largest absolute Gasteiger partial charge is 0.328 e. The Kier molecular flexibility index (Phi) is 4.98. The Morgan fingerprint density at radius 3 is 2.75 bits per heavy atom. The van der Waals surface area contributed by atoms with Crippen LogP contribution in [0.1, 0.15) is 26.7 Å². The second-order valence-corrected chi connectivity index (χ2v) is 4.12. The van der Waals surface area contributed by atoms with Crippen molar-refractivity contribution < 1.29 is 0 Å². The van der Waals surface area contributed by atoms with E-state index in [0.29, 0.717) is 12.6 Å². The van der Waals surface area contributed by atoms with Gasteiger partial charge in [0.1, 0.15) is 0 Å². The summed E-state index contributed by atoms with van der Waals surface area (Å²) in [4.78, 5) is 24.4. The lowest BCUT2D eigenvalue weighted by Crippen LogP contribution is -2.29. The summed E-state index contributed by atoms with van der Waals surface area (Å²) in [7, 11) is 0. The third-order valence-electron chi connectivity index (χ3n) is 2.28. The van der Waals surface area contributed by atoms with Crippen LogP contribution in [0.2, 0.25) is 0 Å². The fraction of sp³-hybridized carbons (Fsp3) is 0.636. The molecule has 0 aliphatic heterocycles. The molecule has 0 fully saturated rings. The zero-order valence-electron chi connectivity index (χ0n) is 9.82. The maximum absolute atomic E-state index is 11.3. The highest BCUT2D eigenvalue weighted by atomic mass is 16.2. The van der Waals surface area contributed by atoms with Crippen molar-refractivity contribution >= 4 is 0 Å². The lowest BCUT2D eigenvalue weighted by molar-refractivity contribution is 0.522. The van der Waals surface area contributed by atoms with Gasteiger partial charge in [-0.1, -0.05) is 13.8 Å². The second-order valence-electron chi connectivity index (χ2n) is 4.12. The van der Waals surface area contributed by atoms with Gasteiger partial charge in [-0.05, 0) is 19.4 Å². The molecule has 1 aromatic heterocycles. The summed E-state index contributed by atoms with van der Waals surface area (Å²) in [5.74, 6) is 0. The normalized spacial score (nSPS) is 10.9. The van der Waals surface area contributed by atoms with E-state index in [0.717, 1.165) is 19.4 Å². The van der Waals surface area contributed by atoms with Crippen molar-refractivity contribution in [2.24, 2.45) is 0 Å². The van der Waals surface area contributed by atoms with Crippen LogP contribution < -0.4 is 16.6 Å².